The molecule has 1 N–H and O–H groups in total. The number of benzene rings is 1. The molecule has 2 aromatic rings. The van der Waals surface area contributed by atoms with Gasteiger partial charge in [-0.25, -0.2) is 4.39 Å². The van der Waals surface area contributed by atoms with Crippen molar-refractivity contribution in [2.75, 3.05) is 0 Å². The Morgan fingerprint density at radius 3 is 2.68 bits per heavy atom. The summed E-state index contributed by atoms with van der Waals surface area (Å²) in [6.45, 7) is 1.58. The molecule has 5 nitrogen and oxygen atoms in total. The van der Waals surface area contributed by atoms with Gasteiger partial charge in [-0.15, -0.1) is 0 Å². The van der Waals surface area contributed by atoms with Crippen molar-refractivity contribution in [3.8, 4) is 11.9 Å². The number of hydrogen-bond donors (Lipinski definition) is 1. The summed E-state index contributed by atoms with van der Waals surface area (Å²) in [7, 11) is 0. The standard InChI is InChI=1S/C19H18FN3O2/c1-12-14(10-21)18(24)23(13-6-2-3-7-13)19(25)15(12)11-22-17-9-5-4-8-16(17)20/h4-5,8-9,11,13,25H,2-3,6-7H2,1H3. The van der Waals surface area contributed by atoms with E-state index in [1.807, 2.05) is 6.07 Å². The molecule has 0 radical (unpaired) electrons. The molecule has 0 saturated heterocycles. The highest BCUT2D eigenvalue weighted by Gasteiger charge is 2.25. The van der Waals surface area contributed by atoms with E-state index in [9.17, 15) is 19.6 Å². The minimum absolute atomic E-state index is 0.0142. The molecule has 1 aromatic carbocycles. The molecule has 1 aliphatic rings. The third kappa shape index (κ3) is 3.05. The van der Waals surface area contributed by atoms with Gasteiger partial charge >= 0.3 is 0 Å². The highest BCUT2D eigenvalue weighted by Crippen LogP contribution is 2.33. The van der Waals surface area contributed by atoms with Crippen LogP contribution in [0.2, 0.25) is 0 Å². The van der Waals surface area contributed by atoms with Crippen LogP contribution in [0.15, 0.2) is 34.1 Å². The van der Waals surface area contributed by atoms with Crippen molar-refractivity contribution < 1.29 is 9.50 Å². The van der Waals surface area contributed by atoms with Crippen LogP contribution in [-0.2, 0) is 0 Å². The maximum atomic E-state index is 13.7. The number of halogens is 1. The van der Waals surface area contributed by atoms with Crippen LogP contribution in [0.3, 0.4) is 0 Å². The quantitative estimate of drug-likeness (QED) is 0.865. The van der Waals surface area contributed by atoms with E-state index >= 15 is 0 Å². The van der Waals surface area contributed by atoms with E-state index in [1.165, 1.54) is 22.9 Å². The van der Waals surface area contributed by atoms with Crippen molar-refractivity contribution in [2.45, 2.75) is 38.6 Å². The van der Waals surface area contributed by atoms with Gasteiger partial charge in [0.05, 0.1) is 11.3 Å². The van der Waals surface area contributed by atoms with E-state index in [-0.39, 0.29) is 28.7 Å². The van der Waals surface area contributed by atoms with Gasteiger partial charge in [0.25, 0.3) is 5.56 Å². The molecule has 128 valence electrons. The molecule has 1 saturated carbocycles. The Morgan fingerprint density at radius 2 is 2.04 bits per heavy atom. The first-order chi connectivity index (χ1) is 12.0. The summed E-state index contributed by atoms with van der Waals surface area (Å²) in [5.41, 5.74) is 0.246. The number of nitrogens with zero attached hydrogens (tertiary/aromatic N) is 3. The predicted molar refractivity (Wildman–Crippen MR) is 93.0 cm³/mol. The maximum absolute atomic E-state index is 13.7. The van der Waals surface area contributed by atoms with Crippen molar-refractivity contribution in [3.05, 3.63) is 57.1 Å². The monoisotopic (exact) mass is 339 g/mol. The van der Waals surface area contributed by atoms with Gasteiger partial charge in [0.15, 0.2) is 0 Å². The summed E-state index contributed by atoms with van der Waals surface area (Å²) >= 11 is 0. The van der Waals surface area contributed by atoms with Crippen LogP contribution in [0, 0.1) is 24.1 Å². The smallest absolute Gasteiger partial charge is 0.271 e. The predicted octanol–water partition coefficient (Wildman–Crippen LogP) is 3.74. The summed E-state index contributed by atoms with van der Waals surface area (Å²) in [6, 6.07) is 7.82. The van der Waals surface area contributed by atoms with Crippen LogP contribution >= 0.6 is 0 Å². The number of hydrogen-bond acceptors (Lipinski definition) is 4. The lowest BCUT2D eigenvalue weighted by Gasteiger charge is -2.19. The summed E-state index contributed by atoms with van der Waals surface area (Å²) < 4.78 is 15.0. The largest absolute Gasteiger partial charge is 0.494 e. The number of aromatic nitrogens is 1. The van der Waals surface area contributed by atoms with Crippen molar-refractivity contribution in [3.63, 3.8) is 0 Å². The Hall–Kier alpha value is -2.94. The average Bonchev–Trinajstić information content (AvgIpc) is 3.11. The summed E-state index contributed by atoms with van der Waals surface area (Å²) in [5, 5.41) is 20.0. The lowest BCUT2D eigenvalue weighted by Crippen LogP contribution is -2.28. The first kappa shape index (κ1) is 16.9. The van der Waals surface area contributed by atoms with Crippen LogP contribution < -0.4 is 5.56 Å². The zero-order valence-electron chi connectivity index (χ0n) is 13.9. The molecule has 1 aliphatic carbocycles. The molecule has 0 amide bonds. The minimum atomic E-state index is -0.486. The van der Waals surface area contributed by atoms with Crippen LogP contribution in [0.4, 0.5) is 10.1 Å². The van der Waals surface area contributed by atoms with Gasteiger partial charge in [-0.3, -0.25) is 14.4 Å². The Labute approximate surface area is 144 Å². The number of rotatable bonds is 3. The fourth-order valence-electron chi connectivity index (χ4n) is 3.29. The minimum Gasteiger partial charge on any atom is -0.494 e. The van der Waals surface area contributed by atoms with E-state index in [4.69, 9.17) is 0 Å². The van der Waals surface area contributed by atoms with Gasteiger partial charge in [-0.1, -0.05) is 25.0 Å². The lowest BCUT2D eigenvalue weighted by atomic mass is 10.0. The van der Waals surface area contributed by atoms with E-state index in [2.05, 4.69) is 4.99 Å². The highest BCUT2D eigenvalue weighted by atomic mass is 19.1. The van der Waals surface area contributed by atoms with E-state index < -0.39 is 11.4 Å². The number of pyridine rings is 1. The molecule has 1 fully saturated rings. The number of aromatic hydroxyl groups is 1. The van der Waals surface area contributed by atoms with Crippen LogP contribution in [0.25, 0.3) is 0 Å². The molecule has 25 heavy (non-hydrogen) atoms. The molecule has 0 aliphatic heterocycles. The van der Waals surface area contributed by atoms with Crippen LogP contribution in [-0.4, -0.2) is 15.9 Å². The van der Waals surface area contributed by atoms with Crippen LogP contribution in [0.1, 0.15) is 48.4 Å². The fourth-order valence-corrected chi connectivity index (χ4v) is 3.29. The second-order valence-electron chi connectivity index (χ2n) is 6.17. The zero-order valence-corrected chi connectivity index (χ0v) is 13.9. The molecule has 6 heteroatoms. The second-order valence-corrected chi connectivity index (χ2v) is 6.17. The van der Waals surface area contributed by atoms with Crippen molar-refractivity contribution in [1.29, 1.82) is 5.26 Å². The fraction of sp³-hybridized carbons (Fsp3) is 0.316. The van der Waals surface area contributed by atoms with Gasteiger partial charge in [-0.05, 0) is 37.5 Å². The Morgan fingerprint density at radius 1 is 1.36 bits per heavy atom. The van der Waals surface area contributed by atoms with Gasteiger partial charge in [0.1, 0.15) is 17.4 Å². The van der Waals surface area contributed by atoms with E-state index in [0.717, 1.165) is 25.7 Å². The molecule has 0 bridgehead atoms. The van der Waals surface area contributed by atoms with Crippen molar-refractivity contribution in [2.24, 2.45) is 4.99 Å². The molecule has 3 rings (SSSR count). The van der Waals surface area contributed by atoms with E-state index in [0.29, 0.717) is 5.56 Å². The van der Waals surface area contributed by atoms with Gasteiger partial charge in [0.2, 0.25) is 5.88 Å². The normalized spacial score (nSPS) is 14.9. The molecule has 0 atom stereocenters. The topological polar surface area (TPSA) is 78.4 Å². The average molecular weight is 339 g/mol. The lowest BCUT2D eigenvalue weighted by molar-refractivity contribution is 0.368. The zero-order chi connectivity index (χ0) is 18.0. The molecule has 1 heterocycles. The number of aliphatic imine (C=N–C) groups is 1. The highest BCUT2D eigenvalue weighted by molar-refractivity contribution is 5.87. The van der Waals surface area contributed by atoms with Gasteiger partial charge in [-0.2, -0.15) is 5.26 Å². The molecular formula is C19H18FN3O2. The van der Waals surface area contributed by atoms with Crippen molar-refractivity contribution >= 4 is 11.9 Å². The van der Waals surface area contributed by atoms with Crippen LogP contribution in [0.5, 0.6) is 5.88 Å². The first-order valence-corrected chi connectivity index (χ1v) is 8.21. The summed E-state index contributed by atoms with van der Waals surface area (Å²) in [6.07, 6.45) is 4.83. The maximum Gasteiger partial charge on any atom is 0.271 e. The van der Waals surface area contributed by atoms with Gasteiger partial charge in [0, 0.05) is 12.3 Å². The number of nitriles is 1. The Kier molecular flexibility index (Phi) is 4.66. The summed E-state index contributed by atoms with van der Waals surface area (Å²) in [5.74, 6) is -0.700. The third-order valence-electron chi connectivity index (χ3n) is 4.67. The van der Waals surface area contributed by atoms with Crippen molar-refractivity contribution in [1.82, 2.24) is 4.57 Å². The molecule has 1 aromatic heterocycles. The SMILES string of the molecule is Cc1c(C=Nc2ccccc2F)c(O)n(C2CCCC2)c(=O)c1C#N. The third-order valence-corrected chi connectivity index (χ3v) is 4.67. The van der Waals surface area contributed by atoms with E-state index in [1.54, 1.807) is 19.1 Å². The van der Waals surface area contributed by atoms with Gasteiger partial charge < -0.3 is 5.11 Å². The second kappa shape index (κ2) is 6.89. The first-order valence-electron chi connectivity index (χ1n) is 8.21. The molecular weight excluding hydrogens is 321 g/mol. The summed E-state index contributed by atoms with van der Waals surface area (Å²) in [4.78, 5) is 16.7. The Bertz CT molecular complexity index is 935. The molecule has 0 spiro atoms. The number of para-hydroxylation sites is 1. The molecule has 0 unspecified atom stereocenters. The Balaban J connectivity index is 2.16.